The van der Waals surface area contributed by atoms with Crippen molar-refractivity contribution in [2.75, 3.05) is 37.6 Å². The Morgan fingerprint density at radius 3 is 2.65 bits per heavy atom. The van der Waals surface area contributed by atoms with E-state index < -0.39 is 0 Å². The molecule has 6 nitrogen and oxygen atoms in total. The lowest BCUT2D eigenvalue weighted by molar-refractivity contribution is -0.125. The van der Waals surface area contributed by atoms with E-state index in [1.165, 1.54) is 5.56 Å². The smallest absolute Gasteiger partial charge is 0.225 e. The van der Waals surface area contributed by atoms with E-state index >= 15 is 0 Å². The van der Waals surface area contributed by atoms with Gasteiger partial charge in [0.1, 0.15) is 0 Å². The fourth-order valence-electron chi connectivity index (χ4n) is 4.55. The predicted octanol–water partition coefficient (Wildman–Crippen LogP) is 3.68. The highest BCUT2D eigenvalue weighted by molar-refractivity contribution is 6.30. The van der Waals surface area contributed by atoms with Crippen LogP contribution in [0.5, 0.6) is 0 Å². The molecule has 4 rings (SSSR count). The van der Waals surface area contributed by atoms with Gasteiger partial charge >= 0.3 is 0 Å². The van der Waals surface area contributed by atoms with Gasteiger partial charge in [-0.2, -0.15) is 0 Å². The van der Waals surface area contributed by atoms with Crippen LogP contribution >= 0.6 is 11.6 Å². The average molecular weight is 442 g/mol. The molecule has 1 aromatic heterocycles. The van der Waals surface area contributed by atoms with Gasteiger partial charge in [-0.05, 0) is 75.4 Å². The topological polar surface area (TPSA) is 61.4 Å². The Bertz CT molecular complexity index is 867. The monoisotopic (exact) mass is 441 g/mol. The van der Waals surface area contributed by atoms with Gasteiger partial charge in [-0.15, -0.1) is 0 Å². The lowest BCUT2D eigenvalue weighted by atomic mass is 9.94. The zero-order valence-corrected chi connectivity index (χ0v) is 19.0. The second kappa shape index (κ2) is 10.4. The third-order valence-corrected chi connectivity index (χ3v) is 6.70. The van der Waals surface area contributed by atoms with Crippen molar-refractivity contribution in [1.29, 1.82) is 0 Å². The molecule has 2 aromatic rings. The summed E-state index contributed by atoms with van der Waals surface area (Å²) in [5.74, 6) is 1.50. The first-order chi connectivity index (χ1) is 15.1. The molecule has 2 aliphatic heterocycles. The van der Waals surface area contributed by atoms with Crippen molar-refractivity contribution in [3.8, 4) is 0 Å². The zero-order chi connectivity index (χ0) is 21.6. The van der Waals surface area contributed by atoms with Crippen LogP contribution in [-0.2, 0) is 11.3 Å². The highest BCUT2D eigenvalue weighted by Gasteiger charge is 2.28. The maximum atomic E-state index is 12.8. The van der Waals surface area contributed by atoms with E-state index in [0.29, 0.717) is 12.5 Å². The lowest BCUT2D eigenvalue weighted by Gasteiger charge is -2.34. The number of benzene rings is 1. The highest BCUT2D eigenvalue weighted by atomic mass is 35.5. The maximum Gasteiger partial charge on any atom is 0.225 e. The first-order valence-corrected chi connectivity index (χ1v) is 11.7. The van der Waals surface area contributed by atoms with Crippen LogP contribution in [0.4, 0.5) is 5.95 Å². The Balaban J connectivity index is 1.20. The maximum absolute atomic E-state index is 12.8. The van der Waals surface area contributed by atoms with Crippen LogP contribution in [0.15, 0.2) is 36.5 Å². The van der Waals surface area contributed by atoms with Gasteiger partial charge in [0.2, 0.25) is 11.9 Å². The van der Waals surface area contributed by atoms with Gasteiger partial charge in [0.25, 0.3) is 0 Å². The Morgan fingerprint density at radius 1 is 1.13 bits per heavy atom. The number of hydrogen-bond donors (Lipinski definition) is 1. The minimum atomic E-state index is 0.0165. The number of nitrogens with one attached hydrogen (secondary N) is 1. The van der Waals surface area contributed by atoms with E-state index in [0.717, 1.165) is 75.1 Å². The van der Waals surface area contributed by atoms with Gasteiger partial charge < -0.3 is 10.2 Å². The minimum absolute atomic E-state index is 0.0165. The molecular weight excluding hydrogens is 410 g/mol. The van der Waals surface area contributed by atoms with E-state index in [4.69, 9.17) is 11.6 Å². The van der Waals surface area contributed by atoms with Crippen molar-refractivity contribution in [2.24, 2.45) is 11.8 Å². The predicted molar refractivity (Wildman–Crippen MR) is 124 cm³/mol. The van der Waals surface area contributed by atoms with E-state index in [1.807, 2.05) is 25.1 Å². The lowest BCUT2D eigenvalue weighted by Crippen LogP contribution is -2.45. The first kappa shape index (κ1) is 22.0. The molecule has 7 heteroatoms. The Morgan fingerprint density at radius 2 is 1.90 bits per heavy atom. The number of rotatable bonds is 6. The molecule has 2 aliphatic rings. The Kier molecular flexibility index (Phi) is 7.41. The van der Waals surface area contributed by atoms with E-state index in [-0.39, 0.29) is 11.8 Å². The summed E-state index contributed by atoms with van der Waals surface area (Å²) in [5, 5.41) is 4.02. The molecule has 0 bridgehead atoms. The molecule has 166 valence electrons. The summed E-state index contributed by atoms with van der Waals surface area (Å²) in [5.41, 5.74) is 2.26. The summed E-state index contributed by atoms with van der Waals surface area (Å²) in [7, 11) is 0. The molecule has 0 saturated carbocycles. The summed E-state index contributed by atoms with van der Waals surface area (Å²) in [4.78, 5) is 26.4. The van der Waals surface area contributed by atoms with Crippen LogP contribution in [0.1, 0.15) is 36.9 Å². The fraction of sp³-hybridized carbons (Fsp3) is 0.542. The Labute approximate surface area is 190 Å². The second-order valence-electron chi connectivity index (χ2n) is 8.87. The van der Waals surface area contributed by atoms with Crippen molar-refractivity contribution in [3.05, 3.63) is 52.8 Å². The first-order valence-electron chi connectivity index (χ1n) is 11.4. The highest BCUT2D eigenvalue weighted by Crippen LogP contribution is 2.22. The molecule has 1 N–H and O–H groups in total. The zero-order valence-electron chi connectivity index (χ0n) is 18.3. The Hall–Kier alpha value is -2.18. The average Bonchev–Trinajstić information content (AvgIpc) is 2.80. The molecule has 2 fully saturated rings. The molecule has 0 radical (unpaired) electrons. The van der Waals surface area contributed by atoms with E-state index in [2.05, 4.69) is 37.2 Å². The van der Waals surface area contributed by atoms with Gasteiger partial charge in [-0.25, -0.2) is 9.97 Å². The molecule has 0 spiro atoms. The van der Waals surface area contributed by atoms with E-state index in [1.54, 1.807) is 6.20 Å². The van der Waals surface area contributed by atoms with Gasteiger partial charge in [0.15, 0.2) is 0 Å². The number of aryl methyl sites for hydroxylation is 1. The number of carbonyl (C=O) groups excluding carboxylic acids is 1. The normalized spacial score (nSPS) is 20.6. The summed E-state index contributed by atoms with van der Waals surface area (Å²) in [6, 6.07) is 10.0. The third kappa shape index (κ3) is 6.17. The fourth-order valence-corrected chi connectivity index (χ4v) is 4.67. The van der Waals surface area contributed by atoms with Gasteiger partial charge in [-0.1, -0.05) is 23.7 Å². The molecular formula is C24H32ClN5O. The molecule has 3 heterocycles. The molecule has 1 atom stereocenters. The summed E-state index contributed by atoms with van der Waals surface area (Å²) >= 11 is 5.98. The van der Waals surface area contributed by atoms with Crippen LogP contribution < -0.4 is 10.2 Å². The number of piperidine rings is 2. The van der Waals surface area contributed by atoms with Crippen LogP contribution in [0.2, 0.25) is 5.02 Å². The number of amides is 1. The van der Waals surface area contributed by atoms with Crippen molar-refractivity contribution in [2.45, 2.75) is 39.2 Å². The third-order valence-electron chi connectivity index (χ3n) is 6.45. The molecule has 1 aromatic carbocycles. The van der Waals surface area contributed by atoms with Crippen molar-refractivity contribution >= 4 is 23.5 Å². The number of halogens is 1. The molecule has 2 saturated heterocycles. The molecule has 0 unspecified atom stereocenters. The number of likely N-dealkylation sites (tertiary alicyclic amines) is 1. The summed E-state index contributed by atoms with van der Waals surface area (Å²) < 4.78 is 0. The number of carbonyl (C=O) groups is 1. The van der Waals surface area contributed by atoms with Crippen LogP contribution in [0.25, 0.3) is 0 Å². The van der Waals surface area contributed by atoms with Crippen LogP contribution in [0, 0.1) is 18.8 Å². The van der Waals surface area contributed by atoms with Crippen LogP contribution in [0.3, 0.4) is 0 Å². The second-order valence-corrected chi connectivity index (χ2v) is 9.31. The minimum Gasteiger partial charge on any atom is -0.356 e. The molecule has 0 aliphatic carbocycles. The quantitative estimate of drug-likeness (QED) is 0.740. The molecule has 1 amide bonds. The SMILES string of the molecule is Cc1ccnc(N2CCC[C@@H](C(=O)NCC3CCN(Cc4ccc(Cl)cc4)CC3)C2)n1. The van der Waals surface area contributed by atoms with Gasteiger partial charge in [0.05, 0.1) is 5.92 Å². The summed E-state index contributed by atoms with van der Waals surface area (Å²) in [6.07, 6.45) is 5.98. The number of nitrogens with zero attached hydrogens (tertiary/aromatic N) is 4. The summed E-state index contributed by atoms with van der Waals surface area (Å²) in [6.45, 7) is 7.49. The van der Waals surface area contributed by atoms with E-state index in [9.17, 15) is 4.79 Å². The van der Waals surface area contributed by atoms with Crippen molar-refractivity contribution < 1.29 is 4.79 Å². The largest absolute Gasteiger partial charge is 0.356 e. The standard InChI is InChI=1S/C24H32ClN5O/c1-18-8-11-26-24(28-18)30-12-2-3-21(17-30)23(31)27-15-19-9-13-29(14-10-19)16-20-4-6-22(25)7-5-20/h4-8,11,19,21H,2-3,9-10,12-17H2,1H3,(H,27,31)/t21-/m1/s1. The number of anilines is 1. The van der Waals surface area contributed by atoms with Crippen LogP contribution in [-0.4, -0.2) is 53.5 Å². The van der Waals surface area contributed by atoms with Crippen molar-refractivity contribution in [1.82, 2.24) is 20.2 Å². The van der Waals surface area contributed by atoms with Gasteiger partial charge in [0, 0.05) is 43.1 Å². The number of aromatic nitrogens is 2. The van der Waals surface area contributed by atoms with Crippen molar-refractivity contribution in [3.63, 3.8) is 0 Å². The molecule has 31 heavy (non-hydrogen) atoms. The number of hydrogen-bond acceptors (Lipinski definition) is 5. The van der Waals surface area contributed by atoms with Gasteiger partial charge in [-0.3, -0.25) is 9.69 Å².